The average Bonchev–Trinajstić information content (AvgIpc) is 3.15. The van der Waals surface area contributed by atoms with E-state index >= 15 is 0 Å². The summed E-state index contributed by atoms with van der Waals surface area (Å²) in [6.07, 6.45) is 4.14. The van der Waals surface area contributed by atoms with Gasteiger partial charge in [0.15, 0.2) is 0 Å². The van der Waals surface area contributed by atoms with Crippen molar-refractivity contribution in [1.29, 1.82) is 0 Å². The molecule has 25 heavy (non-hydrogen) atoms. The fourth-order valence-corrected chi connectivity index (χ4v) is 4.95. The zero-order valence-electron chi connectivity index (χ0n) is 14.4. The monoisotopic (exact) mass is 366 g/mol. The molecule has 0 spiro atoms. The van der Waals surface area contributed by atoms with Gasteiger partial charge in [-0.3, -0.25) is 4.79 Å². The molecule has 1 amide bonds. The lowest BCUT2D eigenvalue weighted by Gasteiger charge is -2.31. The maximum absolute atomic E-state index is 12.6. The van der Waals surface area contributed by atoms with Gasteiger partial charge in [0.1, 0.15) is 0 Å². The number of piperidine rings is 1. The summed E-state index contributed by atoms with van der Waals surface area (Å²) in [7, 11) is -3.42. The minimum absolute atomic E-state index is 0.0415. The zero-order chi connectivity index (χ0) is 17.7. The van der Waals surface area contributed by atoms with E-state index in [0.29, 0.717) is 31.0 Å². The van der Waals surface area contributed by atoms with Crippen LogP contribution >= 0.6 is 0 Å². The smallest absolute Gasteiger partial charge is 0.243 e. The minimum Gasteiger partial charge on any atom is -0.376 e. The summed E-state index contributed by atoms with van der Waals surface area (Å²) in [6, 6.07) is 8.52. The third-order valence-electron chi connectivity index (χ3n) is 4.98. The highest BCUT2D eigenvalue weighted by Crippen LogP contribution is 2.25. The lowest BCUT2D eigenvalue weighted by Crippen LogP contribution is -2.40. The predicted molar refractivity (Wildman–Crippen MR) is 94.5 cm³/mol. The van der Waals surface area contributed by atoms with Crippen LogP contribution < -0.4 is 5.32 Å². The molecule has 0 aliphatic carbocycles. The van der Waals surface area contributed by atoms with Gasteiger partial charge in [0, 0.05) is 32.7 Å². The van der Waals surface area contributed by atoms with Crippen LogP contribution in [0.15, 0.2) is 35.2 Å². The molecule has 138 valence electrons. The molecule has 1 aromatic rings. The molecular formula is C18H26N2O4S. The molecule has 0 bridgehead atoms. The number of amides is 1. The summed E-state index contributed by atoms with van der Waals surface area (Å²) in [5, 5.41) is 2.94. The van der Waals surface area contributed by atoms with Crippen LogP contribution in [0.25, 0.3) is 0 Å². The van der Waals surface area contributed by atoms with Crippen molar-refractivity contribution in [3.63, 3.8) is 0 Å². The number of hydrogen-bond donors (Lipinski definition) is 1. The van der Waals surface area contributed by atoms with Gasteiger partial charge in [-0.15, -0.1) is 0 Å². The average molecular weight is 366 g/mol. The van der Waals surface area contributed by atoms with E-state index in [0.717, 1.165) is 32.3 Å². The Morgan fingerprint density at radius 2 is 1.88 bits per heavy atom. The molecule has 7 heteroatoms. The SMILES string of the molecule is O=C(CC1CCN(S(=O)(=O)c2ccccc2)CC1)NC[C@@H]1CCCO1. The molecule has 2 saturated heterocycles. The Kier molecular flexibility index (Phi) is 6.09. The van der Waals surface area contributed by atoms with Gasteiger partial charge < -0.3 is 10.1 Å². The van der Waals surface area contributed by atoms with Crippen molar-refractivity contribution in [2.45, 2.75) is 43.1 Å². The second-order valence-corrected chi connectivity index (χ2v) is 8.74. The van der Waals surface area contributed by atoms with Gasteiger partial charge in [-0.05, 0) is 43.7 Å². The molecule has 0 radical (unpaired) electrons. The van der Waals surface area contributed by atoms with E-state index in [4.69, 9.17) is 4.74 Å². The third-order valence-corrected chi connectivity index (χ3v) is 6.89. The Balaban J connectivity index is 1.44. The van der Waals surface area contributed by atoms with Crippen molar-refractivity contribution in [2.24, 2.45) is 5.92 Å². The first-order valence-corrected chi connectivity index (χ1v) is 10.4. The molecule has 2 aliphatic rings. The molecule has 2 heterocycles. The Hall–Kier alpha value is -1.44. The molecule has 2 fully saturated rings. The lowest BCUT2D eigenvalue weighted by molar-refractivity contribution is -0.122. The lowest BCUT2D eigenvalue weighted by atomic mass is 9.94. The standard InChI is InChI=1S/C18H26N2O4S/c21-18(19-14-16-5-4-12-24-16)13-15-8-10-20(11-9-15)25(22,23)17-6-2-1-3-7-17/h1-3,6-7,15-16H,4-5,8-14H2,(H,19,21)/t16-/m0/s1. The van der Waals surface area contributed by atoms with Crippen LogP contribution in [0.1, 0.15) is 32.1 Å². The van der Waals surface area contributed by atoms with Gasteiger partial charge in [0.2, 0.25) is 15.9 Å². The fourth-order valence-electron chi connectivity index (χ4n) is 3.46. The fraction of sp³-hybridized carbons (Fsp3) is 0.611. The maximum Gasteiger partial charge on any atom is 0.243 e. The number of nitrogens with one attached hydrogen (secondary N) is 1. The van der Waals surface area contributed by atoms with E-state index in [-0.39, 0.29) is 17.9 Å². The van der Waals surface area contributed by atoms with E-state index in [9.17, 15) is 13.2 Å². The van der Waals surface area contributed by atoms with E-state index in [1.54, 1.807) is 30.3 Å². The maximum atomic E-state index is 12.6. The molecule has 0 aromatic heterocycles. The van der Waals surface area contributed by atoms with Gasteiger partial charge in [0.25, 0.3) is 0 Å². The highest BCUT2D eigenvalue weighted by atomic mass is 32.2. The van der Waals surface area contributed by atoms with Crippen molar-refractivity contribution in [1.82, 2.24) is 9.62 Å². The van der Waals surface area contributed by atoms with Crippen molar-refractivity contribution in [3.8, 4) is 0 Å². The Morgan fingerprint density at radius 1 is 1.16 bits per heavy atom. The number of carbonyl (C=O) groups is 1. The molecule has 2 aliphatic heterocycles. The van der Waals surface area contributed by atoms with Gasteiger partial charge in [0.05, 0.1) is 11.0 Å². The molecule has 1 N–H and O–H groups in total. The molecule has 3 rings (SSSR count). The molecule has 0 saturated carbocycles. The van der Waals surface area contributed by atoms with E-state index in [1.165, 1.54) is 4.31 Å². The van der Waals surface area contributed by atoms with Gasteiger partial charge >= 0.3 is 0 Å². The van der Waals surface area contributed by atoms with Crippen LogP contribution in [-0.4, -0.2) is 51.0 Å². The Morgan fingerprint density at radius 3 is 2.52 bits per heavy atom. The van der Waals surface area contributed by atoms with Crippen LogP contribution in [0.4, 0.5) is 0 Å². The second-order valence-electron chi connectivity index (χ2n) is 6.80. The van der Waals surface area contributed by atoms with Gasteiger partial charge in [-0.2, -0.15) is 4.31 Å². The summed E-state index contributed by atoms with van der Waals surface area (Å²) in [5.74, 6) is 0.284. The molecular weight excluding hydrogens is 340 g/mol. The van der Waals surface area contributed by atoms with Crippen molar-refractivity contribution >= 4 is 15.9 Å². The quantitative estimate of drug-likeness (QED) is 0.833. The van der Waals surface area contributed by atoms with Gasteiger partial charge in [-0.25, -0.2) is 8.42 Å². The number of ether oxygens (including phenoxy) is 1. The third kappa shape index (κ3) is 4.80. The number of benzene rings is 1. The van der Waals surface area contributed by atoms with Crippen molar-refractivity contribution < 1.29 is 17.9 Å². The minimum atomic E-state index is -3.42. The van der Waals surface area contributed by atoms with E-state index in [2.05, 4.69) is 5.32 Å². The van der Waals surface area contributed by atoms with E-state index in [1.807, 2.05) is 0 Å². The highest BCUT2D eigenvalue weighted by molar-refractivity contribution is 7.89. The first-order chi connectivity index (χ1) is 12.1. The number of carbonyl (C=O) groups excluding carboxylic acids is 1. The highest BCUT2D eigenvalue weighted by Gasteiger charge is 2.30. The van der Waals surface area contributed by atoms with Crippen LogP contribution in [0.3, 0.4) is 0 Å². The number of rotatable bonds is 6. The Labute approximate surface area is 149 Å². The Bertz CT molecular complexity index is 664. The summed E-state index contributed by atoms with van der Waals surface area (Å²) in [4.78, 5) is 12.4. The summed E-state index contributed by atoms with van der Waals surface area (Å²) >= 11 is 0. The first-order valence-electron chi connectivity index (χ1n) is 8.99. The second kappa shape index (κ2) is 8.29. The summed E-state index contributed by atoms with van der Waals surface area (Å²) in [5.41, 5.74) is 0. The van der Waals surface area contributed by atoms with E-state index < -0.39 is 10.0 Å². The topological polar surface area (TPSA) is 75.7 Å². The first kappa shape index (κ1) is 18.4. The van der Waals surface area contributed by atoms with Crippen LogP contribution in [-0.2, 0) is 19.6 Å². The van der Waals surface area contributed by atoms with Crippen LogP contribution in [0.5, 0.6) is 0 Å². The largest absolute Gasteiger partial charge is 0.376 e. The molecule has 1 atom stereocenters. The number of hydrogen-bond acceptors (Lipinski definition) is 4. The van der Waals surface area contributed by atoms with Crippen LogP contribution in [0, 0.1) is 5.92 Å². The zero-order valence-corrected chi connectivity index (χ0v) is 15.2. The van der Waals surface area contributed by atoms with Crippen LogP contribution in [0.2, 0.25) is 0 Å². The number of sulfonamides is 1. The summed E-state index contributed by atoms with van der Waals surface area (Å²) in [6.45, 7) is 2.32. The molecule has 0 unspecified atom stereocenters. The number of nitrogens with zero attached hydrogens (tertiary/aromatic N) is 1. The summed E-state index contributed by atoms with van der Waals surface area (Å²) < 4.78 is 32.2. The van der Waals surface area contributed by atoms with Crippen molar-refractivity contribution in [3.05, 3.63) is 30.3 Å². The van der Waals surface area contributed by atoms with Crippen molar-refractivity contribution in [2.75, 3.05) is 26.2 Å². The predicted octanol–water partition coefficient (Wildman–Crippen LogP) is 1.77. The van der Waals surface area contributed by atoms with Gasteiger partial charge in [-0.1, -0.05) is 18.2 Å². The molecule has 1 aromatic carbocycles. The molecule has 6 nitrogen and oxygen atoms in total. The normalized spacial score (nSPS) is 22.8.